The molecule has 1 nitrogen and oxygen atoms in total. The maximum atomic E-state index is 13.2. The monoisotopic (exact) mass is 304 g/mol. The van der Waals surface area contributed by atoms with Gasteiger partial charge in [0.15, 0.2) is 0 Å². The van der Waals surface area contributed by atoms with E-state index in [0.717, 1.165) is 6.07 Å². The third-order valence-corrected chi connectivity index (χ3v) is 3.16. The summed E-state index contributed by atoms with van der Waals surface area (Å²) in [7, 11) is 0. The molecule has 2 aromatic rings. The molecule has 0 aliphatic heterocycles. The molecule has 1 unspecified atom stereocenters. The van der Waals surface area contributed by atoms with Gasteiger partial charge < -0.3 is 5.11 Å². The quantitative estimate of drug-likeness (QED) is 0.805. The van der Waals surface area contributed by atoms with Crippen molar-refractivity contribution in [1.29, 1.82) is 0 Å². The first-order chi connectivity index (χ1) is 9.30. The predicted molar refractivity (Wildman–Crippen MR) is 66.9 cm³/mol. The number of aliphatic hydroxyl groups is 1. The smallest absolute Gasteiger partial charge is 0.384 e. The topological polar surface area (TPSA) is 20.2 Å². The van der Waals surface area contributed by atoms with Crippen LogP contribution in [0.15, 0.2) is 42.5 Å². The van der Waals surface area contributed by atoms with E-state index < -0.39 is 23.7 Å². The molecule has 0 radical (unpaired) electrons. The third kappa shape index (κ3) is 2.94. The molecule has 0 aromatic heterocycles. The molecule has 0 heterocycles. The molecule has 0 saturated carbocycles. The Bertz CT molecular complexity index is 625. The second-order valence-electron chi connectivity index (χ2n) is 4.16. The molecule has 0 aliphatic rings. The van der Waals surface area contributed by atoms with E-state index in [9.17, 15) is 22.7 Å². The van der Waals surface area contributed by atoms with Gasteiger partial charge in [-0.25, -0.2) is 4.39 Å². The van der Waals surface area contributed by atoms with Crippen LogP contribution < -0.4 is 0 Å². The minimum atomic E-state index is -4.82. The van der Waals surface area contributed by atoms with E-state index >= 15 is 0 Å². The molecule has 0 saturated heterocycles. The van der Waals surface area contributed by atoms with E-state index in [1.165, 1.54) is 12.1 Å². The number of hydrogen-bond acceptors (Lipinski definition) is 1. The van der Waals surface area contributed by atoms with Gasteiger partial charge in [-0.05, 0) is 23.8 Å². The van der Waals surface area contributed by atoms with Crippen molar-refractivity contribution >= 4 is 11.6 Å². The lowest BCUT2D eigenvalue weighted by atomic mass is 9.99. The molecular formula is C14H9ClF4O. The average Bonchev–Trinajstić information content (AvgIpc) is 2.37. The van der Waals surface area contributed by atoms with Gasteiger partial charge in [0.25, 0.3) is 0 Å². The molecule has 6 heteroatoms. The number of halogens is 5. The molecule has 0 amide bonds. The van der Waals surface area contributed by atoms with Crippen LogP contribution in [0, 0.1) is 5.82 Å². The Balaban J connectivity index is 2.46. The van der Waals surface area contributed by atoms with Crippen LogP contribution in [-0.2, 0) is 6.18 Å². The van der Waals surface area contributed by atoms with E-state index in [1.807, 2.05) is 0 Å². The SMILES string of the molecule is OC(c1ccc(F)c(C(F)(F)F)c1)c1ccccc1Cl. The first-order valence-corrected chi connectivity index (χ1v) is 5.97. The zero-order valence-corrected chi connectivity index (χ0v) is 10.7. The highest BCUT2D eigenvalue weighted by atomic mass is 35.5. The second kappa shape index (κ2) is 5.42. The first-order valence-electron chi connectivity index (χ1n) is 5.60. The fourth-order valence-corrected chi connectivity index (χ4v) is 2.05. The zero-order valence-electron chi connectivity index (χ0n) is 9.96. The van der Waals surface area contributed by atoms with Crippen molar-refractivity contribution in [3.05, 3.63) is 70.0 Å². The van der Waals surface area contributed by atoms with Crippen molar-refractivity contribution in [2.45, 2.75) is 12.3 Å². The molecule has 0 fully saturated rings. The predicted octanol–water partition coefficient (Wildman–Crippen LogP) is 4.58. The van der Waals surface area contributed by atoms with Gasteiger partial charge in [-0.15, -0.1) is 0 Å². The molecule has 20 heavy (non-hydrogen) atoms. The van der Waals surface area contributed by atoms with Crippen LogP contribution in [0.3, 0.4) is 0 Å². The Morgan fingerprint density at radius 3 is 2.30 bits per heavy atom. The second-order valence-corrected chi connectivity index (χ2v) is 4.57. The number of benzene rings is 2. The van der Waals surface area contributed by atoms with Crippen LogP contribution in [0.4, 0.5) is 17.6 Å². The largest absolute Gasteiger partial charge is 0.419 e. The molecule has 1 atom stereocenters. The van der Waals surface area contributed by atoms with Gasteiger partial charge in [-0.3, -0.25) is 0 Å². The normalized spacial score (nSPS) is 13.3. The Kier molecular flexibility index (Phi) is 4.01. The minimum absolute atomic E-state index is 0.0770. The summed E-state index contributed by atoms with van der Waals surface area (Å²) in [5, 5.41) is 10.3. The highest BCUT2D eigenvalue weighted by Crippen LogP contribution is 2.35. The van der Waals surface area contributed by atoms with Gasteiger partial charge in [0.2, 0.25) is 0 Å². The molecular weight excluding hydrogens is 296 g/mol. The Morgan fingerprint density at radius 2 is 1.70 bits per heavy atom. The van der Waals surface area contributed by atoms with Crippen LogP contribution in [0.1, 0.15) is 22.8 Å². The van der Waals surface area contributed by atoms with Crippen molar-refractivity contribution < 1.29 is 22.7 Å². The zero-order chi connectivity index (χ0) is 14.9. The molecule has 2 rings (SSSR count). The fourth-order valence-electron chi connectivity index (χ4n) is 1.81. The summed E-state index contributed by atoms with van der Waals surface area (Å²) in [6.45, 7) is 0. The van der Waals surface area contributed by atoms with Crippen LogP contribution in [0.25, 0.3) is 0 Å². The van der Waals surface area contributed by atoms with Gasteiger partial charge in [-0.1, -0.05) is 35.9 Å². The summed E-state index contributed by atoms with van der Waals surface area (Å²) in [6.07, 6.45) is -6.18. The molecule has 1 N–H and O–H groups in total. The van der Waals surface area contributed by atoms with Crippen LogP contribution in [-0.4, -0.2) is 5.11 Å². The average molecular weight is 305 g/mol. The van der Waals surface area contributed by atoms with Crippen LogP contribution >= 0.6 is 11.6 Å². The lowest BCUT2D eigenvalue weighted by molar-refractivity contribution is -0.140. The third-order valence-electron chi connectivity index (χ3n) is 2.81. The van der Waals surface area contributed by atoms with Crippen molar-refractivity contribution in [1.82, 2.24) is 0 Å². The van der Waals surface area contributed by atoms with Crippen molar-refractivity contribution in [3.8, 4) is 0 Å². The molecule has 106 valence electrons. The maximum absolute atomic E-state index is 13.2. The highest BCUT2D eigenvalue weighted by Gasteiger charge is 2.34. The van der Waals surface area contributed by atoms with E-state index in [2.05, 4.69) is 0 Å². The molecule has 2 aromatic carbocycles. The minimum Gasteiger partial charge on any atom is -0.384 e. The van der Waals surface area contributed by atoms with Crippen LogP contribution in [0.5, 0.6) is 0 Å². The van der Waals surface area contributed by atoms with Gasteiger partial charge >= 0.3 is 6.18 Å². The lowest BCUT2D eigenvalue weighted by Crippen LogP contribution is -2.10. The summed E-state index contributed by atoms with van der Waals surface area (Å²) in [5.41, 5.74) is -1.23. The van der Waals surface area contributed by atoms with Gasteiger partial charge in [0, 0.05) is 10.6 Å². The first kappa shape index (κ1) is 14.8. The van der Waals surface area contributed by atoms with E-state index in [0.29, 0.717) is 12.1 Å². The number of rotatable bonds is 2. The van der Waals surface area contributed by atoms with E-state index in [1.54, 1.807) is 12.1 Å². The Labute approximate surface area is 117 Å². The van der Waals surface area contributed by atoms with Crippen LogP contribution in [0.2, 0.25) is 5.02 Å². The standard InChI is InChI=1S/C14H9ClF4O/c15-11-4-2-1-3-9(11)13(20)8-5-6-12(16)10(7-8)14(17,18)19/h1-7,13,20H. The van der Waals surface area contributed by atoms with Gasteiger partial charge in [0.05, 0.1) is 5.56 Å². The molecule has 0 aliphatic carbocycles. The number of hydrogen-bond donors (Lipinski definition) is 1. The maximum Gasteiger partial charge on any atom is 0.419 e. The van der Waals surface area contributed by atoms with E-state index in [-0.39, 0.29) is 16.1 Å². The fraction of sp³-hybridized carbons (Fsp3) is 0.143. The summed E-state index contributed by atoms with van der Waals surface area (Å²) >= 11 is 5.87. The summed E-state index contributed by atoms with van der Waals surface area (Å²) in [5.74, 6) is -1.38. The van der Waals surface area contributed by atoms with Gasteiger partial charge in [-0.2, -0.15) is 13.2 Å². The molecule has 0 spiro atoms. The van der Waals surface area contributed by atoms with Gasteiger partial charge in [0.1, 0.15) is 11.9 Å². The van der Waals surface area contributed by atoms with Crippen molar-refractivity contribution in [3.63, 3.8) is 0 Å². The molecule has 0 bridgehead atoms. The van der Waals surface area contributed by atoms with E-state index in [4.69, 9.17) is 11.6 Å². The highest BCUT2D eigenvalue weighted by molar-refractivity contribution is 6.31. The van der Waals surface area contributed by atoms with Crippen molar-refractivity contribution in [2.75, 3.05) is 0 Å². The lowest BCUT2D eigenvalue weighted by Gasteiger charge is -2.15. The Morgan fingerprint density at radius 1 is 1.05 bits per heavy atom. The van der Waals surface area contributed by atoms with Crippen molar-refractivity contribution in [2.24, 2.45) is 0 Å². The summed E-state index contributed by atoms with van der Waals surface area (Å²) < 4.78 is 51.1. The summed E-state index contributed by atoms with van der Waals surface area (Å²) in [6, 6.07) is 8.58. The Hall–Kier alpha value is -1.59. The number of alkyl halides is 3. The summed E-state index contributed by atoms with van der Waals surface area (Å²) in [4.78, 5) is 0. The number of aliphatic hydroxyl groups excluding tert-OH is 1.